The van der Waals surface area contributed by atoms with Gasteiger partial charge in [0.15, 0.2) is 0 Å². The Morgan fingerprint density at radius 2 is 0.500 bits per heavy atom. The molecule has 0 unspecified atom stereocenters. The van der Waals surface area contributed by atoms with E-state index in [4.69, 9.17) is 0 Å². The van der Waals surface area contributed by atoms with E-state index in [1.807, 2.05) is 0 Å². The molecule has 0 amide bonds. The summed E-state index contributed by atoms with van der Waals surface area (Å²) in [5, 5.41) is 0. The average molecular weight is 362 g/mol. The monoisotopic (exact) mass is 360 g/mol. The third-order valence-corrected chi connectivity index (χ3v) is 0. The molecule has 0 aliphatic heterocycles. The second-order valence-electron chi connectivity index (χ2n) is 0. The fourth-order valence-corrected chi connectivity index (χ4v) is 0. The van der Waals surface area contributed by atoms with Crippen LogP contribution >= 0.6 is 0 Å². The molecule has 60 valence electrons. The Labute approximate surface area is 99.3 Å². The Morgan fingerprint density at radius 1 is 0.500 bits per heavy atom. The van der Waals surface area contributed by atoms with Gasteiger partial charge < -0.3 is 0 Å². The van der Waals surface area contributed by atoms with E-state index in [-0.39, 0.29) is 101 Å². The molecule has 4 radical (unpaired) electrons. The van der Waals surface area contributed by atoms with Gasteiger partial charge in [-0.05, 0) is 0 Å². The molecule has 0 fully saturated rings. The SMILES string of the molecule is [Co].[Co].[Cu].[Cu].[Ni].[Ni]. The molecule has 0 bridgehead atoms. The third-order valence-electron chi connectivity index (χ3n) is 0. The van der Waals surface area contributed by atoms with E-state index in [0.717, 1.165) is 0 Å². The predicted octanol–water partition coefficient (Wildman–Crippen LogP) is -0.0150. The molecule has 6 heavy (non-hydrogen) atoms. The molecule has 0 N–H and O–H groups in total. The maximum absolute atomic E-state index is 0. The fourth-order valence-electron chi connectivity index (χ4n) is 0. The van der Waals surface area contributed by atoms with Crippen LogP contribution in [0.25, 0.3) is 0 Å². The largest absolute Gasteiger partial charge is 0 e. The zero-order valence-corrected chi connectivity index (χ0v) is 7.84. The van der Waals surface area contributed by atoms with Crippen molar-refractivity contribution in [1.29, 1.82) is 0 Å². The van der Waals surface area contributed by atoms with Crippen molar-refractivity contribution < 1.29 is 101 Å². The van der Waals surface area contributed by atoms with Gasteiger partial charge in [0, 0.05) is 101 Å². The summed E-state index contributed by atoms with van der Waals surface area (Å²) in [5.41, 5.74) is 0. The van der Waals surface area contributed by atoms with Crippen LogP contribution in [-0.2, 0) is 101 Å². The van der Waals surface area contributed by atoms with Crippen LogP contribution in [-0.4, -0.2) is 0 Å². The summed E-state index contributed by atoms with van der Waals surface area (Å²) in [7, 11) is 0. The van der Waals surface area contributed by atoms with Gasteiger partial charge in [-0.2, -0.15) is 0 Å². The second kappa shape index (κ2) is 43.1. The average Bonchev–Trinajstić information content (AvgIpc) is 0. The van der Waals surface area contributed by atoms with Crippen LogP contribution in [0.3, 0.4) is 0 Å². The van der Waals surface area contributed by atoms with E-state index in [2.05, 4.69) is 0 Å². The third kappa shape index (κ3) is 27.8. The van der Waals surface area contributed by atoms with Gasteiger partial charge in [-0.25, -0.2) is 0 Å². The molecule has 0 aliphatic rings. The van der Waals surface area contributed by atoms with Crippen LogP contribution in [0, 0.1) is 0 Å². The van der Waals surface area contributed by atoms with Crippen molar-refractivity contribution in [2.45, 2.75) is 0 Å². The van der Waals surface area contributed by atoms with Crippen LogP contribution in [0.2, 0.25) is 0 Å². The van der Waals surface area contributed by atoms with Crippen molar-refractivity contribution in [3.05, 3.63) is 0 Å². The smallest absolute Gasteiger partial charge is 0 e. The molecule has 0 spiro atoms. The van der Waals surface area contributed by atoms with Gasteiger partial charge in [-0.3, -0.25) is 0 Å². The molecule has 6 heteroatoms. The fraction of sp³-hybridized carbons (Fsp3) is 0. The van der Waals surface area contributed by atoms with Gasteiger partial charge in [0.2, 0.25) is 0 Å². The first kappa shape index (κ1) is 63.3. The van der Waals surface area contributed by atoms with Gasteiger partial charge in [0.05, 0.1) is 0 Å². The van der Waals surface area contributed by atoms with Crippen molar-refractivity contribution in [3.8, 4) is 0 Å². The molecular weight excluding hydrogens is 362 g/mol. The van der Waals surface area contributed by atoms with Crippen LogP contribution in [0.5, 0.6) is 0 Å². The summed E-state index contributed by atoms with van der Waals surface area (Å²) in [4.78, 5) is 0. The van der Waals surface area contributed by atoms with Gasteiger partial charge in [-0.15, -0.1) is 0 Å². The van der Waals surface area contributed by atoms with Crippen LogP contribution < -0.4 is 0 Å². The summed E-state index contributed by atoms with van der Waals surface area (Å²) in [6.07, 6.45) is 0. The molecule has 0 aromatic heterocycles. The predicted molar refractivity (Wildman–Crippen MR) is 0 cm³/mol. The number of hydrogen-bond acceptors (Lipinski definition) is 0. The van der Waals surface area contributed by atoms with Crippen molar-refractivity contribution in [1.82, 2.24) is 0 Å². The molecule has 0 saturated carbocycles. The summed E-state index contributed by atoms with van der Waals surface area (Å²) in [6, 6.07) is 0. The van der Waals surface area contributed by atoms with Crippen LogP contribution in [0.15, 0.2) is 0 Å². The maximum Gasteiger partial charge on any atom is 0 e. The summed E-state index contributed by atoms with van der Waals surface area (Å²) in [5.74, 6) is 0. The first-order chi connectivity index (χ1) is 0. The number of rotatable bonds is 0. The molecule has 0 atom stereocenters. The standard InChI is InChI=1S/2Co.2Cu.2Ni. The zero-order valence-electron chi connectivity index (χ0n) is 1.90. The molecule has 0 nitrogen and oxygen atoms in total. The molecule has 0 aliphatic carbocycles. The van der Waals surface area contributed by atoms with E-state index in [1.54, 1.807) is 0 Å². The maximum atomic E-state index is 0. The molecule has 0 rings (SSSR count). The van der Waals surface area contributed by atoms with Crippen LogP contribution in [0.1, 0.15) is 0 Å². The van der Waals surface area contributed by atoms with Gasteiger partial charge in [0.25, 0.3) is 0 Å². The van der Waals surface area contributed by atoms with E-state index < -0.39 is 0 Å². The normalized spacial score (nSPS) is 0. The van der Waals surface area contributed by atoms with E-state index in [9.17, 15) is 0 Å². The molecule has 0 saturated heterocycles. The Balaban J connectivity index is 0. The topological polar surface area (TPSA) is 0 Å². The second-order valence-corrected chi connectivity index (χ2v) is 0. The Bertz CT molecular complexity index is 9.51. The zero-order chi connectivity index (χ0) is 0. The van der Waals surface area contributed by atoms with E-state index >= 15 is 0 Å². The van der Waals surface area contributed by atoms with Crippen molar-refractivity contribution >= 4 is 0 Å². The first-order valence-electron chi connectivity index (χ1n) is 0. The minimum Gasteiger partial charge on any atom is 0 e. The van der Waals surface area contributed by atoms with E-state index in [0.29, 0.717) is 0 Å². The molecular formula is Co2Cu2Ni2. The van der Waals surface area contributed by atoms with Gasteiger partial charge >= 0.3 is 0 Å². The van der Waals surface area contributed by atoms with Crippen LogP contribution in [0.4, 0.5) is 0 Å². The summed E-state index contributed by atoms with van der Waals surface area (Å²) in [6.45, 7) is 0. The first-order valence-corrected chi connectivity index (χ1v) is 0. The van der Waals surface area contributed by atoms with E-state index in [1.165, 1.54) is 0 Å². The minimum absolute atomic E-state index is 0. The Kier molecular flexibility index (Phi) is 455. The van der Waals surface area contributed by atoms with Crippen molar-refractivity contribution in [3.63, 3.8) is 0 Å². The molecule has 0 heterocycles. The Hall–Kier alpha value is 3.04. The molecule has 0 aromatic rings. The Morgan fingerprint density at radius 3 is 0.500 bits per heavy atom. The van der Waals surface area contributed by atoms with Gasteiger partial charge in [0.1, 0.15) is 0 Å². The quantitative estimate of drug-likeness (QED) is 0.532. The van der Waals surface area contributed by atoms with Gasteiger partial charge in [-0.1, -0.05) is 0 Å². The summed E-state index contributed by atoms with van der Waals surface area (Å²) < 4.78 is 0. The summed E-state index contributed by atoms with van der Waals surface area (Å²) >= 11 is 0. The number of hydrogen-bond donors (Lipinski definition) is 0. The molecule has 0 aromatic carbocycles. The van der Waals surface area contributed by atoms with Crippen molar-refractivity contribution in [2.75, 3.05) is 0 Å². The van der Waals surface area contributed by atoms with Crippen molar-refractivity contribution in [2.24, 2.45) is 0 Å². The minimum atomic E-state index is 0.